The molecular formula is C29H50N2O3S2. The second kappa shape index (κ2) is 23.0. The van der Waals surface area contributed by atoms with Gasteiger partial charge in [-0.05, 0) is 55.7 Å². The first kappa shape index (κ1) is 32.9. The van der Waals surface area contributed by atoms with Crippen molar-refractivity contribution in [1.29, 1.82) is 0 Å². The number of hydrogen-bond acceptors (Lipinski definition) is 5. The van der Waals surface area contributed by atoms with Gasteiger partial charge in [0.2, 0.25) is 5.91 Å². The zero-order valence-electron chi connectivity index (χ0n) is 23.0. The smallest absolute Gasteiger partial charge is 0.224 e. The molecular weight excluding hydrogens is 488 g/mol. The van der Waals surface area contributed by atoms with Gasteiger partial charge in [-0.25, -0.2) is 0 Å². The van der Waals surface area contributed by atoms with Gasteiger partial charge in [-0.15, -0.1) is 0 Å². The summed E-state index contributed by atoms with van der Waals surface area (Å²) in [6.45, 7) is 8.09. The zero-order chi connectivity index (χ0) is 26.3. The van der Waals surface area contributed by atoms with Crippen LogP contribution in [-0.2, 0) is 20.7 Å². The van der Waals surface area contributed by atoms with Crippen molar-refractivity contribution in [3.05, 3.63) is 29.3 Å². The first-order valence-electron chi connectivity index (χ1n) is 14.0. The van der Waals surface area contributed by atoms with Gasteiger partial charge in [0.1, 0.15) is 4.99 Å². The van der Waals surface area contributed by atoms with E-state index in [-0.39, 0.29) is 5.91 Å². The Morgan fingerprint density at radius 1 is 0.889 bits per heavy atom. The molecule has 0 heterocycles. The molecule has 206 valence electrons. The third-order valence-electron chi connectivity index (χ3n) is 6.00. The number of anilines is 1. The Bertz CT molecular complexity index is 716. The van der Waals surface area contributed by atoms with Crippen molar-refractivity contribution in [3.63, 3.8) is 0 Å². The third kappa shape index (κ3) is 16.6. The molecule has 0 radical (unpaired) electrons. The van der Waals surface area contributed by atoms with Crippen LogP contribution in [-0.4, -0.2) is 55.9 Å². The molecule has 2 N–H and O–H groups in total. The molecule has 0 spiro atoms. The molecule has 7 heteroatoms. The predicted molar refractivity (Wildman–Crippen MR) is 161 cm³/mol. The van der Waals surface area contributed by atoms with Crippen LogP contribution in [0.15, 0.2) is 18.2 Å². The van der Waals surface area contributed by atoms with Crippen LogP contribution in [0.3, 0.4) is 0 Å². The van der Waals surface area contributed by atoms with E-state index in [0.717, 1.165) is 73.0 Å². The van der Waals surface area contributed by atoms with Gasteiger partial charge in [-0.1, -0.05) is 76.7 Å². The molecule has 1 amide bonds. The average molecular weight is 539 g/mol. The molecule has 36 heavy (non-hydrogen) atoms. The maximum absolute atomic E-state index is 12.5. The minimum absolute atomic E-state index is 0.0160. The molecule has 0 bridgehead atoms. The van der Waals surface area contributed by atoms with E-state index >= 15 is 0 Å². The summed E-state index contributed by atoms with van der Waals surface area (Å²) in [7, 11) is 0. The zero-order valence-corrected chi connectivity index (χ0v) is 24.6. The summed E-state index contributed by atoms with van der Waals surface area (Å²) in [5, 5.41) is 6.39. The Morgan fingerprint density at radius 2 is 1.56 bits per heavy atom. The van der Waals surface area contributed by atoms with Crippen LogP contribution in [0, 0.1) is 0 Å². The standard InChI is InChI=1S/C29H50N2O3S2/c1-4-6-7-8-9-10-11-19-33-21-14-22-34-20-12-15-28(32)31-27-24-26(17-16-25(27)5-2)29(35)30-18-13-23-36-3/h16-17,24H,4-15,18-23H2,1-3H3,(H,30,35)(H,31,32). The number of thioether (sulfide) groups is 1. The number of aryl methyl sites for hydroxylation is 1. The monoisotopic (exact) mass is 538 g/mol. The highest BCUT2D eigenvalue weighted by Crippen LogP contribution is 2.19. The number of rotatable bonds is 23. The van der Waals surface area contributed by atoms with Crippen molar-refractivity contribution < 1.29 is 14.3 Å². The van der Waals surface area contributed by atoms with Crippen LogP contribution in [0.5, 0.6) is 0 Å². The fourth-order valence-electron chi connectivity index (χ4n) is 3.84. The number of unbranched alkanes of at least 4 members (excludes halogenated alkanes) is 6. The van der Waals surface area contributed by atoms with Crippen molar-refractivity contribution in [2.45, 2.75) is 90.9 Å². The van der Waals surface area contributed by atoms with Crippen molar-refractivity contribution in [3.8, 4) is 0 Å². The highest BCUT2D eigenvalue weighted by molar-refractivity contribution is 7.98. The molecule has 0 saturated heterocycles. The minimum atomic E-state index is 0.0160. The highest BCUT2D eigenvalue weighted by Gasteiger charge is 2.09. The topological polar surface area (TPSA) is 59.6 Å². The van der Waals surface area contributed by atoms with Gasteiger partial charge < -0.3 is 20.1 Å². The van der Waals surface area contributed by atoms with Crippen molar-refractivity contribution >= 4 is 40.6 Å². The Morgan fingerprint density at radius 3 is 2.25 bits per heavy atom. The molecule has 0 aromatic heterocycles. The van der Waals surface area contributed by atoms with Crippen LogP contribution in [0.1, 0.15) is 95.6 Å². The molecule has 0 aliphatic carbocycles. The van der Waals surface area contributed by atoms with Crippen LogP contribution < -0.4 is 10.6 Å². The van der Waals surface area contributed by atoms with E-state index in [9.17, 15) is 4.79 Å². The summed E-state index contributed by atoms with van der Waals surface area (Å²) in [6, 6.07) is 6.08. The number of hydrogen-bond donors (Lipinski definition) is 2. The van der Waals surface area contributed by atoms with Gasteiger partial charge in [-0.3, -0.25) is 4.79 Å². The van der Waals surface area contributed by atoms with E-state index in [1.54, 1.807) is 0 Å². The van der Waals surface area contributed by atoms with Crippen LogP contribution >= 0.6 is 24.0 Å². The molecule has 0 unspecified atom stereocenters. The summed E-state index contributed by atoms with van der Waals surface area (Å²) in [6.07, 6.45) is 15.2. The normalized spacial score (nSPS) is 11.0. The summed E-state index contributed by atoms with van der Waals surface area (Å²) in [5.41, 5.74) is 2.91. The van der Waals surface area contributed by atoms with E-state index in [1.165, 1.54) is 38.5 Å². The largest absolute Gasteiger partial charge is 0.381 e. The number of ether oxygens (including phenoxy) is 2. The van der Waals surface area contributed by atoms with Crippen molar-refractivity contribution in [2.75, 3.05) is 50.3 Å². The lowest BCUT2D eigenvalue weighted by molar-refractivity contribution is -0.116. The number of amides is 1. The Hall–Kier alpha value is -1.15. The van der Waals surface area contributed by atoms with E-state index in [0.29, 0.717) is 26.1 Å². The van der Waals surface area contributed by atoms with Gasteiger partial charge in [0.25, 0.3) is 0 Å². The Balaban J connectivity index is 2.15. The summed E-state index contributed by atoms with van der Waals surface area (Å²) < 4.78 is 11.4. The highest BCUT2D eigenvalue weighted by atomic mass is 32.2. The van der Waals surface area contributed by atoms with Gasteiger partial charge in [0, 0.05) is 50.6 Å². The lowest BCUT2D eigenvalue weighted by Gasteiger charge is -2.14. The molecule has 0 atom stereocenters. The first-order valence-corrected chi connectivity index (χ1v) is 15.8. The number of thiocarbonyl (C=S) groups is 1. The number of carbonyl (C=O) groups is 1. The van der Waals surface area contributed by atoms with E-state index in [2.05, 4.69) is 36.8 Å². The van der Waals surface area contributed by atoms with E-state index in [1.807, 2.05) is 23.9 Å². The van der Waals surface area contributed by atoms with Gasteiger partial charge in [0.15, 0.2) is 0 Å². The molecule has 0 fully saturated rings. The molecule has 0 aliphatic heterocycles. The molecule has 5 nitrogen and oxygen atoms in total. The second-order valence-corrected chi connectivity index (χ2v) is 10.6. The summed E-state index contributed by atoms with van der Waals surface area (Å²) in [4.78, 5) is 13.2. The maximum Gasteiger partial charge on any atom is 0.224 e. The fourth-order valence-corrected chi connectivity index (χ4v) is 4.50. The SMILES string of the molecule is CCCCCCCCCOCCCOCCCC(=O)Nc1cc(C(=S)NCCCSC)ccc1CC. The minimum Gasteiger partial charge on any atom is -0.381 e. The Labute approximate surface area is 230 Å². The molecule has 1 rings (SSSR count). The lowest BCUT2D eigenvalue weighted by atomic mass is 10.1. The first-order chi connectivity index (χ1) is 17.6. The number of nitrogens with one attached hydrogen (secondary N) is 2. The molecule has 1 aromatic carbocycles. The van der Waals surface area contributed by atoms with Crippen molar-refractivity contribution in [2.24, 2.45) is 0 Å². The lowest BCUT2D eigenvalue weighted by Crippen LogP contribution is -2.24. The van der Waals surface area contributed by atoms with Crippen LogP contribution in [0.2, 0.25) is 0 Å². The maximum atomic E-state index is 12.5. The van der Waals surface area contributed by atoms with Gasteiger partial charge >= 0.3 is 0 Å². The second-order valence-electron chi connectivity index (χ2n) is 9.18. The van der Waals surface area contributed by atoms with E-state index < -0.39 is 0 Å². The van der Waals surface area contributed by atoms with Gasteiger partial charge in [-0.2, -0.15) is 11.8 Å². The Kier molecular flexibility index (Phi) is 21.0. The van der Waals surface area contributed by atoms with Crippen LogP contribution in [0.4, 0.5) is 5.69 Å². The predicted octanol–water partition coefficient (Wildman–Crippen LogP) is 7.16. The van der Waals surface area contributed by atoms with Gasteiger partial charge in [0.05, 0.1) is 0 Å². The molecule has 0 aliphatic rings. The number of benzene rings is 1. The summed E-state index contributed by atoms with van der Waals surface area (Å²) >= 11 is 7.38. The fraction of sp³-hybridized carbons (Fsp3) is 0.724. The molecule has 0 saturated carbocycles. The third-order valence-corrected chi connectivity index (χ3v) is 7.08. The molecule has 1 aromatic rings. The van der Waals surface area contributed by atoms with E-state index in [4.69, 9.17) is 21.7 Å². The summed E-state index contributed by atoms with van der Waals surface area (Å²) in [5.74, 6) is 1.13. The average Bonchev–Trinajstić information content (AvgIpc) is 2.88. The van der Waals surface area contributed by atoms with Crippen LogP contribution in [0.25, 0.3) is 0 Å². The van der Waals surface area contributed by atoms with Crippen molar-refractivity contribution in [1.82, 2.24) is 5.32 Å². The number of carbonyl (C=O) groups excluding carboxylic acids is 1. The quantitative estimate of drug-likeness (QED) is 0.114.